The molecule has 0 N–H and O–H groups in total. The number of hydrogen-bond donors (Lipinski definition) is 0. The Balaban J connectivity index is 0.000000440. The van der Waals surface area contributed by atoms with Crippen molar-refractivity contribution in [1.29, 1.82) is 0 Å². The standard InChI is InChI=1S/2C28H44O3S.Zn/c2*1-3-5-7-9-11-13-15-18-24-22-25(19-16-14-12-10-8-6-4-2)26-20-17-21-28(27(26)23-24)32(29,30)31;/h2*17,20-23H,3-16,18-19H2,1-2H3,(H,29,30,31);/q;;+2/p-2. The van der Waals surface area contributed by atoms with Gasteiger partial charge in [-0.15, -0.1) is 0 Å². The second-order valence-electron chi connectivity index (χ2n) is 18.6. The molecule has 4 aromatic carbocycles. The molecule has 360 valence electrons. The Morgan fingerprint density at radius 3 is 0.877 bits per heavy atom. The van der Waals surface area contributed by atoms with Crippen LogP contribution in [-0.4, -0.2) is 25.9 Å². The van der Waals surface area contributed by atoms with E-state index < -0.39 is 20.2 Å². The molecule has 0 aliphatic carbocycles. The fourth-order valence-corrected chi connectivity index (χ4v) is 10.6. The van der Waals surface area contributed by atoms with Gasteiger partial charge < -0.3 is 9.11 Å². The summed E-state index contributed by atoms with van der Waals surface area (Å²) in [5, 5.41) is 3.08. The third kappa shape index (κ3) is 23.1. The van der Waals surface area contributed by atoms with Gasteiger partial charge in [0.1, 0.15) is 20.2 Å². The number of rotatable bonds is 34. The molecule has 9 heteroatoms. The zero-order valence-corrected chi connectivity index (χ0v) is 46.0. The van der Waals surface area contributed by atoms with Crippen molar-refractivity contribution in [2.24, 2.45) is 0 Å². The van der Waals surface area contributed by atoms with Crippen LogP contribution in [0.15, 0.2) is 70.5 Å². The first-order chi connectivity index (χ1) is 30.9. The molecule has 0 spiro atoms. The van der Waals surface area contributed by atoms with E-state index in [0.717, 1.165) is 62.1 Å². The third-order valence-corrected chi connectivity index (χ3v) is 14.8. The molecular formula is C56H86O6S2Zn. The maximum Gasteiger partial charge on any atom is 2.00 e. The summed E-state index contributed by atoms with van der Waals surface area (Å²) in [4.78, 5) is -0.144. The van der Waals surface area contributed by atoms with Crippen LogP contribution in [0.3, 0.4) is 0 Å². The molecule has 0 saturated heterocycles. The first-order valence-corrected chi connectivity index (χ1v) is 28.8. The van der Waals surface area contributed by atoms with Gasteiger partial charge >= 0.3 is 19.5 Å². The minimum atomic E-state index is -4.49. The predicted octanol–water partition coefficient (Wildman–Crippen LogP) is 16.7. The largest absolute Gasteiger partial charge is 2.00 e. The van der Waals surface area contributed by atoms with E-state index >= 15 is 0 Å². The smallest absolute Gasteiger partial charge is 0.744 e. The second kappa shape index (κ2) is 34.2. The summed E-state index contributed by atoms with van der Waals surface area (Å²) in [6.45, 7) is 8.95. The van der Waals surface area contributed by atoms with E-state index in [1.807, 2.05) is 24.3 Å². The van der Waals surface area contributed by atoms with Crippen LogP contribution < -0.4 is 0 Å². The minimum absolute atomic E-state index is 0. The van der Waals surface area contributed by atoms with Gasteiger partial charge in [0.2, 0.25) is 0 Å². The van der Waals surface area contributed by atoms with Crippen molar-refractivity contribution in [3.05, 3.63) is 82.9 Å². The summed E-state index contributed by atoms with van der Waals surface area (Å²) in [6, 6.07) is 18.7. The van der Waals surface area contributed by atoms with Gasteiger partial charge in [0.15, 0.2) is 0 Å². The maximum atomic E-state index is 11.9. The zero-order chi connectivity index (χ0) is 46.5. The average molecular weight is 985 g/mol. The maximum absolute atomic E-state index is 11.9. The zero-order valence-electron chi connectivity index (χ0n) is 41.4. The van der Waals surface area contributed by atoms with Crippen LogP contribution in [0.5, 0.6) is 0 Å². The first kappa shape index (κ1) is 59.0. The Labute approximate surface area is 410 Å². The molecule has 0 unspecified atom stereocenters. The summed E-state index contributed by atoms with van der Waals surface area (Å²) in [5.41, 5.74) is 4.72. The molecule has 0 aliphatic heterocycles. The summed E-state index contributed by atoms with van der Waals surface area (Å²) in [7, 11) is -8.98. The average Bonchev–Trinajstić information content (AvgIpc) is 3.27. The van der Waals surface area contributed by atoms with Crippen LogP contribution in [-0.2, 0) is 65.4 Å². The van der Waals surface area contributed by atoms with Crippen LogP contribution in [0.1, 0.15) is 230 Å². The van der Waals surface area contributed by atoms with Gasteiger partial charge in [-0.25, -0.2) is 16.8 Å². The van der Waals surface area contributed by atoms with Crippen molar-refractivity contribution in [1.82, 2.24) is 0 Å². The van der Waals surface area contributed by atoms with Crippen LogP contribution >= 0.6 is 0 Å². The quantitative estimate of drug-likeness (QED) is 0.0262. The van der Waals surface area contributed by atoms with Gasteiger partial charge in [-0.05, 0) is 119 Å². The Morgan fingerprint density at radius 2 is 0.600 bits per heavy atom. The first-order valence-electron chi connectivity index (χ1n) is 25.9. The van der Waals surface area contributed by atoms with Crippen molar-refractivity contribution in [2.75, 3.05) is 0 Å². The van der Waals surface area contributed by atoms with Crippen LogP contribution in [0.4, 0.5) is 0 Å². The molecule has 0 fully saturated rings. The van der Waals surface area contributed by atoms with Gasteiger partial charge in [-0.2, -0.15) is 0 Å². The molecule has 0 radical (unpaired) electrons. The van der Waals surface area contributed by atoms with Gasteiger partial charge in [-0.1, -0.05) is 218 Å². The summed E-state index contributed by atoms with van der Waals surface area (Å²) in [6.07, 6.45) is 38.9. The van der Waals surface area contributed by atoms with E-state index in [1.165, 1.54) is 188 Å². The van der Waals surface area contributed by atoms with Crippen molar-refractivity contribution < 1.29 is 45.4 Å². The van der Waals surface area contributed by atoms with Crippen molar-refractivity contribution in [3.63, 3.8) is 0 Å². The Hall–Kier alpha value is -2.16. The molecule has 0 aromatic heterocycles. The molecule has 4 aromatic rings. The second-order valence-corrected chi connectivity index (χ2v) is 21.3. The number of aryl methyl sites for hydroxylation is 4. The molecule has 0 amide bonds. The van der Waals surface area contributed by atoms with E-state index in [-0.39, 0.29) is 29.3 Å². The fourth-order valence-electron chi connectivity index (χ4n) is 9.26. The molecule has 6 nitrogen and oxygen atoms in total. The molecule has 4 rings (SSSR count). The molecule has 0 aliphatic rings. The number of benzene rings is 4. The van der Waals surface area contributed by atoms with Crippen molar-refractivity contribution >= 4 is 41.8 Å². The molecule has 0 bridgehead atoms. The van der Waals surface area contributed by atoms with E-state index in [4.69, 9.17) is 0 Å². The molecular weight excluding hydrogens is 898 g/mol. The third-order valence-electron chi connectivity index (χ3n) is 13.0. The predicted molar refractivity (Wildman–Crippen MR) is 271 cm³/mol. The van der Waals surface area contributed by atoms with E-state index in [2.05, 4.69) is 39.8 Å². The van der Waals surface area contributed by atoms with Gasteiger partial charge in [0.05, 0.1) is 9.79 Å². The monoisotopic (exact) mass is 983 g/mol. The molecule has 0 atom stereocenters. The van der Waals surface area contributed by atoms with Crippen molar-refractivity contribution in [2.45, 2.75) is 243 Å². The summed E-state index contributed by atoms with van der Waals surface area (Å²) in [5.74, 6) is 0. The summed E-state index contributed by atoms with van der Waals surface area (Å²) >= 11 is 0. The van der Waals surface area contributed by atoms with Gasteiger partial charge in [0, 0.05) is 0 Å². The van der Waals surface area contributed by atoms with Crippen molar-refractivity contribution in [3.8, 4) is 0 Å². The van der Waals surface area contributed by atoms with Gasteiger partial charge in [-0.3, -0.25) is 0 Å². The number of fused-ring (bicyclic) bond motifs is 2. The number of unbranched alkanes of at least 4 members (excludes halogenated alkanes) is 24. The van der Waals surface area contributed by atoms with E-state index in [9.17, 15) is 25.9 Å². The minimum Gasteiger partial charge on any atom is -0.744 e. The van der Waals surface area contributed by atoms with Crippen LogP contribution in [0, 0.1) is 0 Å². The Kier molecular flexibility index (Phi) is 31.0. The molecule has 0 saturated carbocycles. The Bertz CT molecular complexity index is 1960. The normalized spacial score (nSPS) is 11.8. The summed E-state index contributed by atoms with van der Waals surface area (Å²) < 4.78 is 71.3. The molecule has 65 heavy (non-hydrogen) atoms. The topological polar surface area (TPSA) is 114 Å². The number of hydrogen-bond acceptors (Lipinski definition) is 6. The van der Waals surface area contributed by atoms with E-state index in [1.54, 1.807) is 12.1 Å². The van der Waals surface area contributed by atoms with E-state index in [0.29, 0.717) is 10.8 Å². The molecule has 0 heterocycles. The van der Waals surface area contributed by atoms with Crippen LogP contribution in [0.2, 0.25) is 0 Å². The van der Waals surface area contributed by atoms with Gasteiger partial charge in [0.25, 0.3) is 0 Å². The SMILES string of the molecule is CCCCCCCCCc1cc(CCCCCCCCC)c2cccc(S(=O)(=O)[O-])c2c1.CCCCCCCCCc1cc(CCCCCCCCC)c2cccc(S(=O)(=O)[O-])c2c1.[Zn+2]. The Morgan fingerprint density at radius 1 is 0.338 bits per heavy atom. The fraction of sp³-hybridized carbons (Fsp3) is 0.643. The van der Waals surface area contributed by atoms with Crippen LogP contribution in [0.25, 0.3) is 21.5 Å².